The molecule has 8 nitrogen and oxygen atoms in total. The number of likely N-dealkylation sites (N-methyl/N-ethyl adjacent to an activating group) is 1. The highest BCUT2D eigenvalue weighted by molar-refractivity contribution is 7.45. The van der Waals surface area contributed by atoms with Gasteiger partial charge in [0.2, 0.25) is 0 Å². The maximum atomic E-state index is 12.7. The van der Waals surface area contributed by atoms with Gasteiger partial charge < -0.3 is 27.9 Å². The molecule has 0 aromatic carbocycles. The maximum Gasteiger partial charge on any atom is 0.306 e. The van der Waals surface area contributed by atoms with Crippen molar-refractivity contribution in [2.24, 2.45) is 0 Å². The minimum Gasteiger partial charge on any atom is -0.756 e. The molecule has 0 rings (SSSR count). The van der Waals surface area contributed by atoms with E-state index in [1.54, 1.807) is 0 Å². The zero-order valence-electron chi connectivity index (χ0n) is 36.1. The molecular formula is C46H84NO7P. The van der Waals surface area contributed by atoms with Crippen LogP contribution in [0.15, 0.2) is 60.8 Å². The van der Waals surface area contributed by atoms with E-state index in [-0.39, 0.29) is 25.8 Å². The predicted molar refractivity (Wildman–Crippen MR) is 231 cm³/mol. The fraction of sp³-hybridized carbons (Fsp3) is 0.761. The third-order valence-electron chi connectivity index (χ3n) is 9.05. The van der Waals surface area contributed by atoms with Gasteiger partial charge in [0, 0.05) is 13.0 Å². The molecule has 2 atom stereocenters. The molecule has 0 aromatic rings. The normalized spacial score (nSPS) is 14.4. The van der Waals surface area contributed by atoms with Gasteiger partial charge in [0.05, 0.1) is 34.4 Å². The molecule has 0 aliphatic heterocycles. The fourth-order valence-electron chi connectivity index (χ4n) is 5.65. The Hall–Kier alpha value is -1.80. The molecule has 0 aromatic heterocycles. The Morgan fingerprint density at radius 1 is 0.582 bits per heavy atom. The van der Waals surface area contributed by atoms with E-state index in [1.807, 2.05) is 21.1 Å². The van der Waals surface area contributed by atoms with Crippen molar-refractivity contribution < 1.29 is 37.3 Å². The predicted octanol–water partition coefficient (Wildman–Crippen LogP) is 12.3. The average Bonchev–Trinajstić information content (AvgIpc) is 3.13. The van der Waals surface area contributed by atoms with Gasteiger partial charge in [-0.2, -0.15) is 0 Å². The molecule has 0 amide bonds. The fourth-order valence-corrected chi connectivity index (χ4v) is 6.38. The molecule has 0 bridgehead atoms. The number of carbonyl (C=O) groups is 1. The van der Waals surface area contributed by atoms with Gasteiger partial charge in [0.25, 0.3) is 7.82 Å². The quantitative estimate of drug-likeness (QED) is 0.0200. The Labute approximate surface area is 339 Å². The van der Waals surface area contributed by atoms with Crippen molar-refractivity contribution in [2.75, 3.05) is 54.1 Å². The Kier molecular flexibility index (Phi) is 37.8. The first-order chi connectivity index (χ1) is 26.6. The topological polar surface area (TPSA) is 94.1 Å². The number of hydrogen-bond acceptors (Lipinski definition) is 7. The van der Waals surface area contributed by atoms with Crippen molar-refractivity contribution in [3.8, 4) is 0 Å². The van der Waals surface area contributed by atoms with Gasteiger partial charge in [-0.05, 0) is 77.0 Å². The molecular weight excluding hydrogens is 709 g/mol. The van der Waals surface area contributed by atoms with E-state index < -0.39 is 13.9 Å². The summed E-state index contributed by atoms with van der Waals surface area (Å²) in [5.74, 6) is -0.355. The number of rotatable bonds is 40. The van der Waals surface area contributed by atoms with Gasteiger partial charge in [-0.25, -0.2) is 0 Å². The second-order valence-corrected chi connectivity index (χ2v) is 17.1. The number of ether oxygens (including phenoxy) is 2. The summed E-state index contributed by atoms with van der Waals surface area (Å²) >= 11 is 0. The molecule has 2 unspecified atom stereocenters. The Bertz CT molecular complexity index is 1060. The zero-order valence-corrected chi connectivity index (χ0v) is 37.0. The van der Waals surface area contributed by atoms with Crippen LogP contribution in [0, 0.1) is 0 Å². The summed E-state index contributed by atoms with van der Waals surface area (Å²) in [5.41, 5.74) is 0. The molecule has 0 radical (unpaired) electrons. The second-order valence-electron chi connectivity index (χ2n) is 15.7. The summed E-state index contributed by atoms with van der Waals surface area (Å²) in [6.45, 7) is 5.23. The van der Waals surface area contributed by atoms with E-state index in [4.69, 9.17) is 18.5 Å². The maximum absolute atomic E-state index is 12.7. The minimum atomic E-state index is -4.53. The van der Waals surface area contributed by atoms with E-state index in [9.17, 15) is 14.3 Å². The molecule has 0 saturated carbocycles. The molecule has 0 saturated heterocycles. The van der Waals surface area contributed by atoms with Gasteiger partial charge >= 0.3 is 5.97 Å². The van der Waals surface area contributed by atoms with E-state index in [2.05, 4.69) is 74.6 Å². The molecule has 0 heterocycles. The molecule has 9 heteroatoms. The van der Waals surface area contributed by atoms with Crippen LogP contribution in [0.4, 0.5) is 0 Å². The Morgan fingerprint density at radius 2 is 1.05 bits per heavy atom. The molecule has 0 fully saturated rings. The second kappa shape index (κ2) is 39.0. The molecule has 0 aliphatic carbocycles. The average molecular weight is 794 g/mol. The molecule has 0 spiro atoms. The number of nitrogens with zero attached hydrogens (tertiary/aromatic N) is 1. The van der Waals surface area contributed by atoms with Crippen molar-refractivity contribution in [1.29, 1.82) is 0 Å². The molecule has 320 valence electrons. The SMILES string of the molecule is CC/C=C\C/C=C\C/C=C\CCCCCCCC(=O)OC(COCCCCCCCCCC/C=C\C/C=C\CCCCC)COP(=O)([O-])OCC[N+](C)(C)C. The van der Waals surface area contributed by atoms with Crippen molar-refractivity contribution in [3.05, 3.63) is 60.8 Å². The first kappa shape index (κ1) is 53.2. The van der Waals surface area contributed by atoms with Gasteiger partial charge in [0.1, 0.15) is 19.3 Å². The van der Waals surface area contributed by atoms with Crippen LogP contribution in [-0.4, -0.2) is 70.7 Å². The molecule has 0 N–H and O–H groups in total. The van der Waals surface area contributed by atoms with Crippen molar-refractivity contribution in [2.45, 2.75) is 174 Å². The lowest BCUT2D eigenvalue weighted by molar-refractivity contribution is -0.870. The molecule has 55 heavy (non-hydrogen) atoms. The van der Waals surface area contributed by atoms with E-state index in [1.165, 1.54) is 70.6 Å². The summed E-state index contributed by atoms with van der Waals surface area (Å²) in [5, 5.41) is 0. The standard InChI is InChI=1S/C46H84NO7P/c1-6-8-10-12-14-16-18-20-22-23-24-26-28-30-32-34-36-38-41-51-43-45(44-53-55(49,50)52-42-40-47(3,4)5)54-46(48)39-37-35-33-31-29-27-25-21-19-17-15-13-11-9-7-2/h9,11,14-17,20-22,25,45H,6-8,10,12-13,18-19,23-24,26-44H2,1-5H3/b11-9-,16-14-,17-15-,22-20-,25-21-. The van der Waals surface area contributed by atoms with E-state index in [0.29, 0.717) is 24.1 Å². The van der Waals surface area contributed by atoms with Crippen LogP contribution in [0.25, 0.3) is 0 Å². The lowest BCUT2D eigenvalue weighted by Crippen LogP contribution is -2.37. The Morgan fingerprint density at radius 3 is 1.58 bits per heavy atom. The van der Waals surface area contributed by atoms with Crippen LogP contribution in [0.5, 0.6) is 0 Å². The van der Waals surface area contributed by atoms with Crippen LogP contribution in [-0.2, 0) is 27.9 Å². The monoisotopic (exact) mass is 794 g/mol. The summed E-state index contributed by atoms with van der Waals surface area (Å²) in [6, 6.07) is 0. The highest BCUT2D eigenvalue weighted by atomic mass is 31.2. The number of phosphoric acid groups is 1. The Balaban J connectivity index is 4.27. The lowest BCUT2D eigenvalue weighted by atomic mass is 10.1. The van der Waals surface area contributed by atoms with E-state index in [0.717, 1.165) is 77.0 Å². The number of phosphoric ester groups is 1. The lowest BCUT2D eigenvalue weighted by Gasteiger charge is -2.28. The summed E-state index contributed by atoms with van der Waals surface area (Å²) in [6.07, 6.45) is 48.0. The number of unbranched alkanes of at least 4 members (excludes halogenated alkanes) is 16. The molecule has 0 aliphatic rings. The summed E-state index contributed by atoms with van der Waals surface area (Å²) in [4.78, 5) is 25.0. The largest absolute Gasteiger partial charge is 0.756 e. The number of carbonyl (C=O) groups excluding carboxylic acids is 1. The first-order valence-electron chi connectivity index (χ1n) is 22.0. The number of quaternary nitrogens is 1. The third-order valence-corrected chi connectivity index (χ3v) is 10.0. The smallest absolute Gasteiger partial charge is 0.306 e. The van der Waals surface area contributed by atoms with Crippen molar-refractivity contribution in [1.82, 2.24) is 0 Å². The highest BCUT2D eigenvalue weighted by Crippen LogP contribution is 2.38. The van der Waals surface area contributed by atoms with Crippen LogP contribution >= 0.6 is 7.82 Å². The van der Waals surface area contributed by atoms with Crippen LogP contribution < -0.4 is 4.89 Å². The van der Waals surface area contributed by atoms with Gasteiger partial charge in [-0.1, -0.05) is 145 Å². The number of esters is 1. The number of hydrogen-bond donors (Lipinski definition) is 0. The zero-order chi connectivity index (χ0) is 40.6. The number of allylic oxidation sites excluding steroid dienone is 10. The van der Waals surface area contributed by atoms with Crippen LogP contribution in [0.1, 0.15) is 168 Å². The highest BCUT2D eigenvalue weighted by Gasteiger charge is 2.20. The van der Waals surface area contributed by atoms with Crippen molar-refractivity contribution >= 4 is 13.8 Å². The van der Waals surface area contributed by atoms with Crippen LogP contribution in [0.3, 0.4) is 0 Å². The summed E-state index contributed by atoms with van der Waals surface area (Å²) < 4.78 is 34.6. The van der Waals surface area contributed by atoms with Gasteiger partial charge in [0.15, 0.2) is 0 Å². The minimum absolute atomic E-state index is 0.0186. The summed E-state index contributed by atoms with van der Waals surface area (Å²) in [7, 11) is 1.33. The first-order valence-corrected chi connectivity index (χ1v) is 23.5. The van der Waals surface area contributed by atoms with Crippen LogP contribution in [0.2, 0.25) is 0 Å². The third kappa shape index (κ3) is 43.2. The van der Waals surface area contributed by atoms with E-state index >= 15 is 0 Å². The van der Waals surface area contributed by atoms with Crippen molar-refractivity contribution in [3.63, 3.8) is 0 Å². The van der Waals surface area contributed by atoms with Gasteiger partial charge in [-0.3, -0.25) is 9.36 Å². The van der Waals surface area contributed by atoms with Gasteiger partial charge in [-0.15, -0.1) is 0 Å².